The lowest BCUT2D eigenvalue weighted by Gasteiger charge is -2.36. The van der Waals surface area contributed by atoms with Gasteiger partial charge in [0.1, 0.15) is 0 Å². The Bertz CT molecular complexity index is 974. The number of urea groups is 1. The number of rotatable bonds is 4. The summed E-state index contributed by atoms with van der Waals surface area (Å²) < 4.78 is 1.79. The Kier molecular flexibility index (Phi) is 6.62. The molecule has 1 saturated carbocycles. The summed E-state index contributed by atoms with van der Waals surface area (Å²) in [5.41, 5.74) is 0.551. The molecule has 1 aliphatic rings. The Balaban J connectivity index is 2.04. The molecule has 2 N–H and O–H groups in total. The molecule has 29 heavy (non-hydrogen) atoms. The van der Waals surface area contributed by atoms with Crippen molar-refractivity contribution in [3.05, 3.63) is 34.6 Å². The molecular weight excluding hydrogens is 388 g/mol. The smallest absolute Gasteiger partial charge is 0.321 e. The first-order valence-electron chi connectivity index (χ1n) is 10.0. The van der Waals surface area contributed by atoms with E-state index in [-0.39, 0.29) is 11.6 Å². The van der Waals surface area contributed by atoms with Crippen LogP contribution in [0.1, 0.15) is 46.1 Å². The Hall–Kier alpha value is -2.35. The molecule has 8 heteroatoms. The molecule has 7 nitrogen and oxygen atoms in total. The van der Waals surface area contributed by atoms with Crippen LogP contribution in [0.4, 0.5) is 4.79 Å². The molecule has 1 aromatic heterocycles. The second-order valence-electron chi connectivity index (χ2n) is 7.75. The van der Waals surface area contributed by atoms with Crippen LogP contribution in [0, 0.1) is 11.8 Å². The highest BCUT2D eigenvalue weighted by Gasteiger charge is 2.32. The predicted octanol–water partition coefficient (Wildman–Crippen LogP) is 3.33. The molecule has 2 aromatic rings. The van der Waals surface area contributed by atoms with Crippen LogP contribution >= 0.6 is 11.8 Å². The molecule has 0 radical (unpaired) electrons. The zero-order valence-corrected chi connectivity index (χ0v) is 18.1. The highest BCUT2D eigenvalue weighted by molar-refractivity contribution is 8.00. The quantitative estimate of drug-likeness (QED) is 0.589. The molecular formula is C21H28N4O3S. The van der Waals surface area contributed by atoms with E-state index in [9.17, 15) is 14.4 Å². The van der Waals surface area contributed by atoms with Gasteiger partial charge in [0.15, 0.2) is 5.16 Å². The van der Waals surface area contributed by atoms with Crippen molar-refractivity contribution in [1.29, 1.82) is 0 Å². The maximum atomic E-state index is 13.4. The van der Waals surface area contributed by atoms with Gasteiger partial charge in [-0.2, -0.15) is 0 Å². The third kappa shape index (κ3) is 4.47. The number of carbonyl (C=O) groups is 2. The number of hydrogen-bond donors (Lipinski definition) is 2. The van der Waals surface area contributed by atoms with Gasteiger partial charge in [-0.25, -0.2) is 9.78 Å². The van der Waals surface area contributed by atoms with Gasteiger partial charge in [-0.15, -0.1) is 0 Å². The summed E-state index contributed by atoms with van der Waals surface area (Å²) in [6.07, 6.45) is 3.13. The van der Waals surface area contributed by atoms with E-state index in [4.69, 9.17) is 4.98 Å². The van der Waals surface area contributed by atoms with Crippen LogP contribution < -0.4 is 16.2 Å². The van der Waals surface area contributed by atoms with E-state index in [1.54, 1.807) is 17.6 Å². The van der Waals surface area contributed by atoms with Gasteiger partial charge >= 0.3 is 6.03 Å². The van der Waals surface area contributed by atoms with E-state index in [1.807, 2.05) is 18.2 Å². The normalized spacial score (nSPS) is 22.8. The van der Waals surface area contributed by atoms with Crippen LogP contribution in [0.3, 0.4) is 0 Å². The number of amides is 3. The lowest BCUT2D eigenvalue weighted by molar-refractivity contribution is -0.119. The molecule has 1 fully saturated rings. The van der Waals surface area contributed by atoms with E-state index < -0.39 is 17.2 Å². The minimum Gasteiger partial charge on any atom is -0.341 e. The number of para-hydroxylation sites is 1. The molecule has 3 amide bonds. The van der Waals surface area contributed by atoms with Crippen LogP contribution in [-0.2, 0) is 4.79 Å². The van der Waals surface area contributed by atoms with Crippen molar-refractivity contribution in [1.82, 2.24) is 20.2 Å². The standard InChI is InChI=1S/C21H28N4O3S/c1-12-8-7-11-17(13(12)2)25-19(27)15-9-5-6-10-16(15)23-21(25)29-14(3)18(26)24-20(28)22-4/h5-6,9-10,12-14,17H,7-8,11H2,1-4H3,(H2,22,24,26,28)/t12-,13+,14-,17+/m0/s1. The Labute approximate surface area is 174 Å². The van der Waals surface area contributed by atoms with Gasteiger partial charge in [0.25, 0.3) is 5.56 Å². The third-order valence-corrected chi connectivity index (χ3v) is 6.95. The Morgan fingerprint density at radius 1 is 1.24 bits per heavy atom. The highest BCUT2D eigenvalue weighted by atomic mass is 32.2. The Morgan fingerprint density at radius 2 is 1.97 bits per heavy atom. The first-order chi connectivity index (χ1) is 13.8. The predicted molar refractivity (Wildman–Crippen MR) is 115 cm³/mol. The number of carbonyl (C=O) groups excluding carboxylic acids is 2. The van der Waals surface area contributed by atoms with Gasteiger partial charge in [-0.3, -0.25) is 19.5 Å². The molecule has 4 atom stereocenters. The fourth-order valence-corrected chi connectivity index (χ4v) is 4.87. The highest BCUT2D eigenvalue weighted by Crippen LogP contribution is 2.39. The monoisotopic (exact) mass is 416 g/mol. The summed E-state index contributed by atoms with van der Waals surface area (Å²) in [7, 11) is 1.45. The number of nitrogens with one attached hydrogen (secondary N) is 2. The fourth-order valence-electron chi connectivity index (χ4n) is 3.91. The first-order valence-corrected chi connectivity index (χ1v) is 10.9. The van der Waals surface area contributed by atoms with Crippen molar-refractivity contribution in [3.63, 3.8) is 0 Å². The number of fused-ring (bicyclic) bond motifs is 1. The number of thioether (sulfide) groups is 1. The number of hydrogen-bond acceptors (Lipinski definition) is 5. The lowest BCUT2D eigenvalue weighted by atomic mass is 9.78. The van der Waals surface area contributed by atoms with Crippen LogP contribution in [0.25, 0.3) is 10.9 Å². The molecule has 1 aliphatic carbocycles. The molecule has 1 aromatic carbocycles. The minimum absolute atomic E-state index is 0.0417. The van der Waals surface area contributed by atoms with E-state index >= 15 is 0 Å². The summed E-state index contributed by atoms with van der Waals surface area (Å²) in [4.78, 5) is 42.0. The van der Waals surface area contributed by atoms with Gasteiger partial charge in [0.2, 0.25) is 5.91 Å². The lowest BCUT2D eigenvalue weighted by Crippen LogP contribution is -2.41. The van der Waals surface area contributed by atoms with Crippen LogP contribution in [-0.4, -0.2) is 33.8 Å². The Morgan fingerprint density at radius 3 is 2.69 bits per heavy atom. The number of nitrogens with zero attached hydrogens (tertiary/aromatic N) is 2. The average Bonchev–Trinajstić information content (AvgIpc) is 2.70. The summed E-state index contributed by atoms with van der Waals surface area (Å²) in [6, 6.07) is 6.79. The van der Waals surface area contributed by atoms with Crippen LogP contribution in [0.5, 0.6) is 0 Å². The van der Waals surface area contributed by atoms with E-state index in [2.05, 4.69) is 24.5 Å². The minimum atomic E-state index is -0.581. The number of benzene rings is 1. The van der Waals surface area contributed by atoms with Gasteiger partial charge in [0.05, 0.1) is 16.2 Å². The molecule has 0 bridgehead atoms. The van der Waals surface area contributed by atoms with Crippen LogP contribution in [0.15, 0.2) is 34.2 Å². The summed E-state index contributed by atoms with van der Waals surface area (Å²) in [5, 5.41) is 5.20. The first kappa shape index (κ1) is 21.4. The third-order valence-electron chi connectivity index (χ3n) is 5.89. The molecule has 1 heterocycles. The number of imide groups is 1. The summed E-state index contributed by atoms with van der Waals surface area (Å²) >= 11 is 1.22. The summed E-state index contributed by atoms with van der Waals surface area (Å²) in [5.74, 6) is 0.422. The van der Waals surface area contributed by atoms with Crippen LogP contribution in [0.2, 0.25) is 0 Å². The van der Waals surface area contributed by atoms with Crippen molar-refractivity contribution < 1.29 is 9.59 Å². The van der Waals surface area contributed by atoms with Gasteiger partial charge in [0, 0.05) is 13.1 Å². The molecule has 3 rings (SSSR count). The van der Waals surface area contributed by atoms with Crippen molar-refractivity contribution in [3.8, 4) is 0 Å². The molecule has 0 unspecified atom stereocenters. The zero-order chi connectivity index (χ0) is 21.1. The molecule has 0 spiro atoms. The van der Waals surface area contributed by atoms with E-state index in [0.29, 0.717) is 27.9 Å². The molecule has 0 saturated heterocycles. The van der Waals surface area contributed by atoms with Gasteiger partial charge in [-0.05, 0) is 37.3 Å². The second-order valence-corrected chi connectivity index (χ2v) is 9.06. The zero-order valence-electron chi connectivity index (χ0n) is 17.3. The topological polar surface area (TPSA) is 93.1 Å². The summed E-state index contributed by atoms with van der Waals surface area (Å²) in [6.45, 7) is 6.12. The number of aromatic nitrogens is 2. The van der Waals surface area contributed by atoms with Crippen molar-refractivity contribution in [2.24, 2.45) is 11.8 Å². The maximum absolute atomic E-state index is 13.4. The van der Waals surface area contributed by atoms with Gasteiger partial charge in [-0.1, -0.05) is 50.6 Å². The van der Waals surface area contributed by atoms with E-state index in [1.165, 1.54) is 18.8 Å². The second kappa shape index (κ2) is 8.98. The fraction of sp³-hybridized carbons (Fsp3) is 0.524. The average molecular weight is 417 g/mol. The molecule has 156 valence electrons. The molecule has 0 aliphatic heterocycles. The maximum Gasteiger partial charge on any atom is 0.321 e. The van der Waals surface area contributed by atoms with Crippen molar-refractivity contribution in [2.75, 3.05) is 7.05 Å². The van der Waals surface area contributed by atoms with E-state index in [0.717, 1.165) is 19.3 Å². The van der Waals surface area contributed by atoms with Crippen molar-refractivity contribution in [2.45, 2.75) is 56.5 Å². The van der Waals surface area contributed by atoms with Crippen molar-refractivity contribution >= 4 is 34.6 Å². The SMILES string of the molecule is CNC(=O)NC(=O)[C@H](C)Sc1nc2ccccc2c(=O)n1[C@@H]1CCC[C@H](C)[C@H]1C. The largest absolute Gasteiger partial charge is 0.341 e. The van der Waals surface area contributed by atoms with Gasteiger partial charge < -0.3 is 5.32 Å².